The third-order valence-electron chi connectivity index (χ3n) is 5.38. The Hall–Kier alpha value is -0.860. The molecule has 0 radical (unpaired) electrons. The molecule has 2 aliphatic rings. The van der Waals surface area contributed by atoms with Gasteiger partial charge in [-0.3, -0.25) is 4.79 Å². The highest BCUT2D eigenvalue weighted by molar-refractivity contribution is 7.89. The number of benzene rings is 1. The molecule has 0 spiro atoms. The van der Waals surface area contributed by atoms with Gasteiger partial charge in [-0.05, 0) is 37.6 Å². The highest BCUT2D eigenvalue weighted by Gasteiger charge is 2.36. The fourth-order valence-electron chi connectivity index (χ4n) is 3.72. The van der Waals surface area contributed by atoms with Crippen molar-refractivity contribution in [2.75, 3.05) is 45.8 Å². The summed E-state index contributed by atoms with van der Waals surface area (Å²) in [6, 6.07) is 4.41. The molecule has 0 saturated carbocycles. The number of halogens is 2. The first-order valence-electron chi connectivity index (χ1n) is 9.29. The fraction of sp³-hybridized carbons (Fsp3) is 0.611. The Morgan fingerprint density at radius 3 is 2.52 bits per heavy atom. The van der Waals surface area contributed by atoms with Gasteiger partial charge in [0.05, 0.1) is 10.9 Å². The van der Waals surface area contributed by atoms with E-state index in [1.165, 1.54) is 16.4 Å². The number of sulfonamides is 1. The maximum Gasteiger partial charge on any atom is 0.244 e. The number of piperazine rings is 1. The monoisotopic (exact) mass is 433 g/mol. The van der Waals surface area contributed by atoms with Crippen LogP contribution < -0.4 is 0 Å². The second-order valence-electron chi connectivity index (χ2n) is 7.04. The normalized spacial score (nSPS) is 22.8. The number of piperidine rings is 1. The Balaban J connectivity index is 1.72. The van der Waals surface area contributed by atoms with Crippen molar-refractivity contribution in [3.63, 3.8) is 0 Å². The number of hydrogen-bond donors (Lipinski definition) is 0. The molecule has 0 N–H and O–H groups in total. The summed E-state index contributed by atoms with van der Waals surface area (Å²) in [6.45, 7) is 6.83. The zero-order valence-corrected chi connectivity index (χ0v) is 17.7. The molecule has 0 unspecified atom stereocenters. The number of amides is 1. The van der Waals surface area contributed by atoms with Crippen molar-refractivity contribution in [2.45, 2.75) is 24.7 Å². The van der Waals surface area contributed by atoms with Crippen LogP contribution in [0.1, 0.15) is 19.8 Å². The highest BCUT2D eigenvalue weighted by Crippen LogP contribution is 2.31. The number of likely N-dealkylation sites (N-methyl/N-ethyl adjacent to an activating group) is 1. The van der Waals surface area contributed by atoms with Crippen molar-refractivity contribution in [3.8, 4) is 0 Å². The SMILES string of the molecule is CCN1CCN(C(=O)[C@H]2CCCN(S(=O)(=O)c3cc(Cl)ccc3Cl)C2)CC1. The Morgan fingerprint density at radius 2 is 1.85 bits per heavy atom. The van der Waals surface area contributed by atoms with Crippen molar-refractivity contribution < 1.29 is 13.2 Å². The molecule has 9 heteroatoms. The molecule has 0 bridgehead atoms. The number of carbonyl (C=O) groups excluding carboxylic acids is 1. The molecule has 2 fully saturated rings. The number of nitrogens with zero attached hydrogens (tertiary/aromatic N) is 3. The van der Waals surface area contributed by atoms with Crippen molar-refractivity contribution in [1.82, 2.24) is 14.1 Å². The molecule has 2 aliphatic heterocycles. The molecule has 1 aromatic rings. The van der Waals surface area contributed by atoms with E-state index < -0.39 is 10.0 Å². The molecular weight excluding hydrogens is 409 g/mol. The van der Waals surface area contributed by atoms with Gasteiger partial charge in [-0.15, -0.1) is 0 Å². The number of hydrogen-bond acceptors (Lipinski definition) is 4. The van der Waals surface area contributed by atoms with Crippen molar-refractivity contribution in [1.29, 1.82) is 0 Å². The Morgan fingerprint density at radius 1 is 1.15 bits per heavy atom. The largest absolute Gasteiger partial charge is 0.340 e. The smallest absolute Gasteiger partial charge is 0.244 e. The standard InChI is InChI=1S/C18H25Cl2N3O3S/c1-2-21-8-10-22(11-9-21)18(24)14-4-3-7-23(13-14)27(25,26)17-12-15(19)5-6-16(17)20/h5-6,12,14H,2-4,7-11,13H2,1H3/t14-/m0/s1. The predicted molar refractivity (Wildman–Crippen MR) is 107 cm³/mol. The van der Waals surface area contributed by atoms with Crippen LogP contribution in [0.2, 0.25) is 10.0 Å². The van der Waals surface area contributed by atoms with Gasteiger partial charge in [0.15, 0.2) is 0 Å². The van der Waals surface area contributed by atoms with Gasteiger partial charge in [0.2, 0.25) is 15.9 Å². The molecule has 0 aliphatic carbocycles. The minimum Gasteiger partial charge on any atom is -0.340 e. The Kier molecular flexibility index (Phi) is 6.69. The van der Waals surface area contributed by atoms with Crippen LogP contribution in [0.5, 0.6) is 0 Å². The van der Waals surface area contributed by atoms with E-state index >= 15 is 0 Å². The van der Waals surface area contributed by atoms with Gasteiger partial charge in [-0.25, -0.2) is 8.42 Å². The van der Waals surface area contributed by atoms with E-state index in [1.807, 2.05) is 4.90 Å². The first-order valence-corrected chi connectivity index (χ1v) is 11.5. The zero-order valence-electron chi connectivity index (χ0n) is 15.4. The van der Waals surface area contributed by atoms with E-state index in [0.717, 1.165) is 19.6 Å². The molecular formula is C18H25Cl2N3O3S. The maximum atomic E-state index is 13.0. The molecule has 150 valence electrons. The lowest BCUT2D eigenvalue weighted by atomic mass is 9.98. The van der Waals surface area contributed by atoms with Crippen LogP contribution in [0, 0.1) is 5.92 Å². The molecule has 2 heterocycles. The summed E-state index contributed by atoms with van der Waals surface area (Å²) in [5, 5.41) is 0.458. The average molecular weight is 434 g/mol. The molecule has 0 aromatic heterocycles. The summed E-state index contributed by atoms with van der Waals surface area (Å²) in [6.07, 6.45) is 1.37. The van der Waals surface area contributed by atoms with Crippen LogP contribution >= 0.6 is 23.2 Å². The van der Waals surface area contributed by atoms with Crippen LogP contribution in [0.15, 0.2) is 23.1 Å². The second kappa shape index (κ2) is 8.66. The third-order valence-corrected chi connectivity index (χ3v) is 7.96. The Labute approximate surface area is 171 Å². The quantitative estimate of drug-likeness (QED) is 0.731. The van der Waals surface area contributed by atoms with Crippen LogP contribution in [0.25, 0.3) is 0 Å². The van der Waals surface area contributed by atoms with E-state index in [9.17, 15) is 13.2 Å². The highest BCUT2D eigenvalue weighted by atomic mass is 35.5. The first-order chi connectivity index (χ1) is 12.8. The van der Waals surface area contributed by atoms with E-state index in [2.05, 4.69) is 11.8 Å². The van der Waals surface area contributed by atoms with Gasteiger partial charge < -0.3 is 9.80 Å². The van der Waals surface area contributed by atoms with E-state index in [0.29, 0.717) is 37.5 Å². The summed E-state index contributed by atoms with van der Waals surface area (Å²) >= 11 is 12.1. The van der Waals surface area contributed by atoms with Gasteiger partial charge >= 0.3 is 0 Å². The fourth-order valence-corrected chi connectivity index (χ4v) is 5.98. The zero-order chi connectivity index (χ0) is 19.6. The van der Waals surface area contributed by atoms with Gasteiger partial charge in [-0.2, -0.15) is 4.31 Å². The van der Waals surface area contributed by atoms with Crippen LogP contribution in [-0.4, -0.2) is 74.2 Å². The predicted octanol–water partition coefficient (Wildman–Crippen LogP) is 2.56. The van der Waals surface area contributed by atoms with Crippen molar-refractivity contribution in [2.24, 2.45) is 5.92 Å². The summed E-state index contributed by atoms with van der Waals surface area (Å²) < 4.78 is 27.4. The molecule has 2 saturated heterocycles. The van der Waals surface area contributed by atoms with E-state index in [1.54, 1.807) is 6.07 Å². The van der Waals surface area contributed by atoms with Gasteiger partial charge in [-0.1, -0.05) is 30.1 Å². The molecule has 27 heavy (non-hydrogen) atoms. The van der Waals surface area contributed by atoms with Gasteiger partial charge in [0.1, 0.15) is 4.90 Å². The Bertz CT molecular complexity index is 795. The lowest BCUT2D eigenvalue weighted by Gasteiger charge is -2.38. The van der Waals surface area contributed by atoms with Crippen LogP contribution in [0.3, 0.4) is 0 Å². The third kappa shape index (κ3) is 4.59. The number of carbonyl (C=O) groups is 1. The molecule has 1 amide bonds. The minimum absolute atomic E-state index is 0.00123. The first kappa shape index (κ1) is 20.9. The average Bonchev–Trinajstić information content (AvgIpc) is 2.69. The van der Waals surface area contributed by atoms with E-state index in [4.69, 9.17) is 23.2 Å². The summed E-state index contributed by atoms with van der Waals surface area (Å²) in [5.74, 6) is -0.248. The topological polar surface area (TPSA) is 60.9 Å². The van der Waals surface area contributed by atoms with Crippen molar-refractivity contribution >= 4 is 39.1 Å². The summed E-state index contributed by atoms with van der Waals surface area (Å²) in [4.78, 5) is 17.1. The lowest BCUT2D eigenvalue weighted by Crippen LogP contribution is -2.52. The van der Waals surface area contributed by atoms with Crippen LogP contribution in [0.4, 0.5) is 0 Å². The second-order valence-corrected chi connectivity index (χ2v) is 9.79. The maximum absolute atomic E-state index is 13.0. The molecule has 1 aromatic carbocycles. The molecule has 6 nitrogen and oxygen atoms in total. The number of rotatable bonds is 4. The van der Waals surface area contributed by atoms with Crippen molar-refractivity contribution in [3.05, 3.63) is 28.2 Å². The molecule has 1 atom stereocenters. The van der Waals surface area contributed by atoms with E-state index in [-0.39, 0.29) is 28.3 Å². The van der Waals surface area contributed by atoms with Gasteiger partial charge in [0.25, 0.3) is 0 Å². The lowest BCUT2D eigenvalue weighted by molar-refractivity contribution is -0.138. The summed E-state index contributed by atoms with van der Waals surface area (Å²) in [7, 11) is -3.79. The minimum atomic E-state index is -3.79. The van der Waals surface area contributed by atoms with Crippen LogP contribution in [-0.2, 0) is 14.8 Å². The molecule has 3 rings (SSSR count). The summed E-state index contributed by atoms with van der Waals surface area (Å²) in [5.41, 5.74) is 0. The van der Waals surface area contributed by atoms with Gasteiger partial charge in [0, 0.05) is 44.3 Å².